The molecule has 1 N–H and O–H groups in total. The Morgan fingerprint density at radius 2 is 2.06 bits per heavy atom. The molecule has 0 saturated heterocycles. The fraction of sp³-hybridized carbons (Fsp3) is 0.417. The van der Waals surface area contributed by atoms with Crippen molar-refractivity contribution in [2.45, 2.75) is 25.5 Å². The number of anilines is 1. The van der Waals surface area contributed by atoms with Gasteiger partial charge >= 0.3 is 0 Å². The third-order valence-corrected chi connectivity index (χ3v) is 2.21. The molecular weight excluding hydrogens is 222 g/mol. The third-order valence-electron chi connectivity index (χ3n) is 1.97. The molecule has 0 aromatic heterocycles. The molecule has 88 valence electrons. The molecule has 1 amide bonds. The molecule has 0 bridgehead atoms. The lowest BCUT2D eigenvalue weighted by atomic mass is 10.3. The van der Waals surface area contributed by atoms with Gasteiger partial charge in [0.15, 0.2) is 0 Å². The fourth-order valence-electron chi connectivity index (χ4n) is 1.10. The molecule has 0 fully saturated rings. The molecule has 1 atom stereocenters. The first kappa shape index (κ1) is 12.9. The van der Waals surface area contributed by atoms with Crippen molar-refractivity contribution in [3.8, 4) is 5.75 Å². The van der Waals surface area contributed by atoms with E-state index in [1.807, 2.05) is 24.3 Å². The summed E-state index contributed by atoms with van der Waals surface area (Å²) >= 11 is 4.05. The maximum absolute atomic E-state index is 11.4. The normalized spacial score (nSPS) is 11.9. The van der Waals surface area contributed by atoms with E-state index in [2.05, 4.69) is 24.9 Å². The summed E-state index contributed by atoms with van der Waals surface area (Å²) in [5.41, 5.74) is 0.759. The van der Waals surface area contributed by atoms with E-state index < -0.39 is 0 Å². The van der Waals surface area contributed by atoms with Gasteiger partial charge in [0, 0.05) is 5.69 Å². The largest absolute Gasteiger partial charge is 0.494 e. The Morgan fingerprint density at radius 3 is 2.56 bits per heavy atom. The Labute approximate surface area is 102 Å². The minimum atomic E-state index is -0.309. The number of carbonyl (C=O) groups is 1. The number of benzene rings is 1. The first-order valence-electron chi connectivity index (χ1n) is 5.35. The van der Waals surface area contributed by atoms with Gasteiger partial charge in [0.1, 0.15) is 5.75 Å². The van der Waals surface area contributed by atoms with E-state index in [-0.39, 0.29) is 11.2 Å². The smallest absolute Gasteiger partial charge is 0.236 e. The van der Waals surface area contributed by atoms with Crippen molar-refractivity contribution in [3.63, 3.8) is 0 Å². The van der Waals surface area contributed by atoms with Crippen LogP contribution in [-0.2, 0) is 4.79 Å². The number of hydrogen-bond acceptors (Lipinski definition) is 3. The van der Waals surface area contributed by atoms with E-state index in [1.54, 1.807) is 6.92 Å². The molecule has 0 spiro atoms. The molecule has 1 aromatic carbocycles. The van der Waals surface area contributed by atoms with E-state index in [0.717, 1.165) is 17.9 Å². The lowest BCUT2D eigenvalue weighted by Gasteiger charge is -2.08. The van der Waals surface area contributed by atoms with Crippen LogP contribution in [0.4, 0.5) is 5.69 Å². The predicted molar refractivity (Wildman–Crippen MR) is 69.3 cm³/mol. The van der Waals surface area contributed by atoms with Crippen molar-refractivity contribution in [3.05, 3.63) is 24.3 Å². The fourth-order valence-corrected chi connectivity index (χ4v) is 1.17. The van der Waals surface area contributed by atoms with Crippen LogP contribution < -0.4 is 10.1 Å². The second kappa shape index (κ2) is 6.43. The topological polar surface area (TPSA) is 38.3 Å². The van der Waals surface area contributed by atoms with Crippen molar-refractivity contribution >= 4 is 24.2 Å². The van der Waals surface area contributed by atoms with Crippen LogP contribution >= 0.6 is 12.6 Å². The monoisotopic (exact) mass is 239 g/mol. The SMILES string of the molecule is CCCOc1ccc(NC(=O)C(C)S)cc1. The third kappa shape index (κ3) is 4.14. The molecule has 1 unspecified atom stereocenters. The maximum atomic E-state index is 11.4. The molecule has 1 rings (SSSR count). The molecule has 0 saturated carbocycles. The number of rotatable bonds is 5. The minimum absolute atomic E-state index is 0.106. The number of ether oxygens (including phenoxy) is 1. The molecule has 0 aliphatic heterocycles. The lowest BCUT2D eigenvalue weighted by Crippen LogP contribution is -2.20. The van der Waals surface area contributed by atoms with E-state index in [4.69, 9.17) is 4.74 Å². The molecule has 0 radical (unpaired) electrons. The Balaban J connectivity index is 2.54. The molecular formula is C12H17NO2S. The van der Waals surface area contributed by atoms with Crippen molar-refractivity contribution in [1.82, 2.24) is 0 Å². The lowest BCUT2D eigenvalue weighted by molar-refractivity contribution is -0.115. The highest BCUT2D eigenvalue weighted by atomic mass is 32.1. The van der Waals surface area contributed by atoms with Crippen molar-refractivity contribution in [2.24, 2.45) is 0 Å². The van der Waals surface area contributed by atoms with E-state index in [9.17, 15) is 4.79 Å². The van der Waals surface area contributed by atoms with Crippen LogP contribution in [0.5, 0.6) is 5.75 Å². The van der Waals surface area contributed by atoms with Crippen LogP contribution in [0, 0.1) is 0 Å². The summed E-state index contributed by atoms with van der Waals surface area (Å²) in [5.74, 6) is 0.712. The molecule has 0 aliphatic carbocycles. The first-order chi connectivity index (χ1) is 7.63. The van der Waals surface area contributed by atoms with Gasteiger partial charge in [0.2, 0.25) is 5.91 Å². The summed E-state index contributed by atoms with van der Waals surface area (Å²) in [7, 11) is 0. The van der Waals surface area contributed by atoms with Gasteiger partial charge in [-0.2, -0.15) is 12.6 Å². The predicted octanol–water partition coefficient (Wildman–Crippen LogP) is 2.73. The maximum Gasteiger partial charge on any atom is 0.236 e. The number of nitrogens with one attached hydrogen (secondary N) is 1. The van der Waals surface area contributed by atoms with E-state index in [1.165, 1.54) is 0 Å². The molecule has 0 heterocycles. The zero-order chi connectivity index (χ0) is 12.0. The van der Waals surface area contributed by atoms with Crippen LogP contribution in [0.2, 0.25) is 0 Å². The average molecular weight is 239 g/mol. The highest BCUT2D eigenvalue weighted by Gasteiger charge is 2.07. The van der Waals surface area contributed by atoms with Crippen LogP contribution in [0.3, 0.4) is 0 Å². The number of carbonyl (C=O) groups excluding carboxylic acids is 1. The van der Waals surface area contributed by atoms with E-state index >= 15 is 0 Å². The average Bonchev–Trinajstić information content (AvgIpc) is 2.28. The van der Waals surface area contributed by atoms with Crippen LogP contribution in [-0.4, -0.2) is 17.8 Å². The number of hydrogen-bond donors (Lipinski definition) is 2. The highest BCUT2D eigenvalue weighted by Crippen LogP contribution is 2.16. The van der Waals surface area contributed by atoms with Gasteiger partial charge in [0.25, 0.3) is 0 Å². The van der Waals surface area contributed by atoms with Crippen molar-refractivity contribution in [1.29, 1.82) is 0 Å². The second-order valence-corrected chi connectivity index (χ2v) is 4.31. The van der Waals surface area contributed by atoms with Crippen molar-refractivity contribution in [2.75, 3.05) is 11.9 Å². The Bertz CT molecular complexity index is 335. The standard InChI is InChI=1S/C12H17NO2S/c1-3-8-15-11-6-4-10(5-7-11)13-12(14)9(2)16/h4-7,9,16H,3,8H2,1-2H3,(H,13,14). The van der Waals surface area contributed by atoms with Gasteiger partial charge in [-0.25, -0.2) is 0 Å². The highest BCUT2D eigenvalue weighted by molar-refractivity contribution is 7.81. The number of thiol groups is 1. The number of amides is 1. The Morgan fingerprint density at radius 1 is 1.44 bits per heavy atom. The van der Waals surface area contributed by atoms with Crippen molar-refractivity contribution < 1.29 is 9.53 Å². The first-order valence-corrected chi connectivity index (χ1v) is 5.87. The second-order valence-electron chi connectivity index (χ2n) is 3.54. The summed E-state index contributed by atoms with van der Waals surface area (Å²) in [5, 5.41) is 2.44. The van der Waals surface area contributed by atoms with Crippen LogP contribution in [0.1, 0.15) is 20.3 Å². The van der Waals surface area contributed by atoms with Gasteiger partial charge in [-0.1, -0.05) is 6.92 Å². The Hall–Kier alpha value is -1.16. The summed E-state index contributed by atoms with van der Waals surface area (Å²) in [6, 6.07) is 7.32. The Kier molecular flexibility index (Phi) is 5.19. The van der Waals surface area contributed by atoms with Crippen LogP contribution in [0.25, 0.3) is 0 Å². The van der Waals surface area contributed by atoms with Gasteiger partial charge in [-0.3, -0.25) is 4.79 Å². The zero-order valence-corrected chi connectivity index (χ0v) is 10.5. The minimum Gasteiger partial charge on any atom is -0.494 e. The summed E-state index contributed by atoms with van der Waals surface area (Å²) in [4.78, 5) is 11.4. The van der Waals surface area contributed by atoms with Gasteiger partial charge in [0.05, 0.1) is 11.9 Å². The summed E-state index contributed by atoms with van der Waals surface area (Å²) in [6.45, 7) is 4.50. The van der Waals surface area contributed by atoms with Gasteiger partial charge in [-0.15, -0.1) is 0 Å². The zero-order valence-electron chi connectivity index (χ0n) is 9.56. The molecule has 4 heteroatoms. The summed E-state index contributed by atoms with van der Waals surface area (Å²) < 4.78 is 5.43. The van der Waals surface area contributed by atoms with E-state index in [0.29, 0.717) is 6.61 Å². The quantitative estimate of drug-likeness (QED) is 0.775. The van der Waals surface area contributed by atoms with Gasteiger partial charge < -0.3 is 10.1 Å². The van der Waals surface area contributed by atoms with Gasteiger partial charge in [-0.05, 0) is 37.6 Å². The molecule has 1 aromatic rings. The molecule has 3 nitrogen and oxygen atoms in total. The van der Waals surface area contributed by atoms with Crippen LogP contribution in [0.15, 0.2) is 24.3 Å². The summed E-state index contributed by atoms with van der Waals surface area (Å²) in [6.07, 6.45) is 0.982. The molecule has 16 heavy (non-hydrogen) atoms. The molecule has 0 aliphatic rings.